The summed E-state index contributed by atoms with van der Waals surface area (Å²) in [5.74, 6) is 0.360. The molecule has 1 N–H and O–H groups in total. The number of nitrogens with zero attached hydrogens (tertiary/aromatic N) is 3. The van der Waals surface area contributed by atoms with E-state index in [0.717, 1.165) is 28.8 Å². The molecule has 3 rings (SSSR count). The van der Waals surface area contributed by atoms with E-state index in [2.05, 4.69) is 16.5 Å². The molecule has 0 bridgehead atoms. The van der Waals surface area contributed by atoms with Gasteiger partial charge in [-0.2, -0.15) is 5.26 Å². The Bertz CT molecular complexity index is 1000. The van der Waals surface area contributed by atoms with Crippen molar-refractivity contribution in [2.75, 3.05) is 12.4 Å². The van der Waals surface area contributed by atoms with Gasteiger partial charge in [-0.05, 0) is 36.2 Å². The van der Waals surface area contributed by atoms with Gasteiger partial charge in [0.05, 0.1) is 17.1 Å². The van der Waals surface area contributed by atoms with Gasteiger partial charge in [-0.3, -0.25) is 4.21 Å². The lowest BCUT2D eigenvalue weighted by Gasteiger charge is -2.18. The molecular weight excluding hydrogens is 336 g/mol. The maximum atomic E-state index is 11.4. The fourth-order valence-corrected chi connectivity index (χ4v) is 3.52. The van der Waals surface area contributed by atoms with E-state index in [1.165, 1.54) is 0 Å². The van der Waals surface area contributed by atoms with Gasteiger partial charge in [0.25, 0.3) is 0 Å². The van der Waals surface area contributed by atoms with Crippen LogP contribution in [0.5, 0.6) is 0 Å². The maximum absolute atomic E-state index is 11.4. The summed E-state index contributed by atoms with van der Waals surface area (Å²) in [6.07, 6.45) is 0.800. The second kappa shape index (κ2) is 7.05. The molecule has 3 aromatic rings. The Labute approximate surface area is 148 Å². The lowest BCUT2D eigenvalue weighted by molar-refractivity contribution is 0.536. The van der Waals surface area contributed by atoms with Crippen molar-refractivity contribution in [3.8, 4) is 17.2 Å². The molecule has 0 aliphatic heterocycles. The van der Waals surface area contributed by atoms with Crippen molar-refractivity contribution in [1.82, 2.24) is 9.61 Å². The summed E-state index contributed by atoms with van der Waals surface area (Å²) in [6, 6.07) is 13.2. The second-order valence-corrected chi connectivity index (χ2v) is 6.46. The van der Waals surface area contributed by atoms with E-state index in [1.807, 2.05) is 29.6 Å². The Morgan fingerprint density at radius 3 is 2.80 bits per heavy atom. The normalized spacial score (nSPS) is 12.1. The van der Waals surface area contributed by atoms with E-state index in [1.54, 1.807) is 25.2 Å². The standard InChI is InChI=1S/C18H18N4O2S/c1-3-14-7-8-16-17(13-6-4-5-12(9-13)10-19)15(11-25(23)24)18(20-2)21-22(14)16/h4-9H,3,11H2,1-2H3,(H,20,21)(H,23,24)/p-1. The molecular formula is C18H17N4O2S-. The minimum atomic E-state index is -2.26. The van der Waals surface area contributed by atoms with Gasteiger partial charge in [-0.15, -0.1) is 5.10 Å². The number of hydrogen-bond donors (Lipinski definition) is 1. The maximum Gasteiger partial charge on any atom is 0.151 e. The fourth-order valence-electron chi connectivity index (χ4n) is 3.00. The van der Waals surface area contributed by atoms with Crippen LogP contribution < -0.4 is 5.32 Å². The van der Waals surface area contributed by atoms with Crippen molar-refractivity contribution in [1.29, 1.82) is 5.26 Å². The second-order valence-electron chi connectivity index (χ2n) is 5.57. The number of rotatable bonds is 5. The van der Waals surface area contributed by atoms with Crippen molar-refractivity contribution in [2.45, 2.75) is 19.1 Å². The molecule has 1 aromatic carbocycles. The molecule has 25 heavy (non-hydrogen) atoms. The molecule has 0 saturated carbocycles. The average molecular weight is 353 g/mol. The number of fused-ring (bicyclic) bond motifs is 1. The number of anilines is 1. The molecule has 1 atom stereocenters. The van der Waals surface area contributed by atoms with E-state index in [-0.39, 0.29) is 5.75 Å². The molecule has 0 spiro atoms. The molecule has 7 heteroatoms. The van der Waals surface area contributed by atoms with E-state index < -0.39 is 11.1 Å². The first-order chi connectivity index (χ1) is 12.1. The summed E-state index contributed by atoms with van der Waals surface area (Å²) in [5, 5.41) is 16.8. The summed E-state index contributed by atoms with van der Waals surface area (Å²) >= 11 is -2.26. The van der Waals surface area contributed by atoms with Crippen molar-refractivity contribution in [3.63, 3.8) is 0 Å². The molecule has 128 valence electrons. The Kier molecular flexibility index (Phi) is 4.83. The third-order valence-corrected chi connectivity index (χ3v) is 4.64. The van der Waals surface area contributed by atoms with Crippen LogP contribution in [-0.4, -0.2) is 25.4 Å². The highest BCUT2D eigenvalue weighted by Crippen LogP contribution is 2.34. The molecule has 0 amide bonds. The zero-order valence-corrected chi connectivity index (χ0v) is 14.8. The number of benzene rings is 1. The highest BCUT2D eigenvalue weighted by Gasteiger charge is 2.18. The van der Waals surface area contributed by atoms with Crippen LogP contribution in [0.2, 0.25) is 0 Å². The van der Waals surface area contributed by atoms with Gasteiger partial charge in [-0.1, -0.05) is 30.1 Å². The van der Waals surface area contributed by atoms with Crippen LogP contribution >= 0.6 is 0 Å². The van der Waals surface area contributed by atoms with Gasteiger partial charge < -0.3 is 9.87 Å². The van der Waals surface area contributed by atoms with Gasteiger partial charge in [-0.25, -0.2) is 4.52 Å². The third kappa shape index (κ3) is 3.14. The molecule has 0 radical (unpaired) electrons. The number of aryl methyl sites for hydroxylation is 1. The first kappa shape index (κ1) is 17.1. The van der Waals surface area contributed by atoms with Crippen LogP contribution in [0.1, 0.15) is 23.7 Å². The minimum absolute atomic E-state index is 0.154. The number of nitrogens with one attached hydrogen (secondary N) is 1. The van der Waals surface area contributed by atoms with Gasteiger partial charge in [0.15, 0.2) is 5.82 Å². The lowest BCUT2D eigenvalue weighted by Crippen LogP contribution is -2.09. The van der Waals surface area contributed by atoms with Crippen LogP contribution in [0.3, 0.4) is 0 Å². The third-order valence-electron chi connectivity index (χ3n) is 4.12. The van der Waals surface area contributed by atoms with Crippen molar-refractivity contribution >= 4 is 22.4 Å². The molecule has 0 saturated heterocycles. The Morgan fingerprint density at radius 2 is 2.16 bits per heavy atom. The number of nitriles is 1. The van der Waals surface area contributed by atoms with Gasteiger partial charge in [0.2, 0.25) is 0 Å². The molecule has 1 unspecified atom stereocenters. The SMILES string of the molecule is CCc1ccc2c(-c3cccc(C#N)c3)c(CS(=O)[O-])c(NC)nn12. The Morgan fingerprint density at radius 1 is 1.36 bits per heavy atom. The van der Waals surface area contributed by atoms with Crippen LogP contribution in [0, 0.1) is 11.3 Å². The Balaban J connectivity index is 2.41. The van der Waals surface area contributed by atoms with Gasteiger partial charge in [0.1, 0.15) is 0 Å². The molecule has 0 aliphatic rings. The summed E-state index contributed by atoms with van der Waals surface area (Å²) in [4.78, 5) is 0. The zero-order valence-electron chi connectivity index (χ0n) is 13.9. The van der Waals surface area contributed by atoms with E-state index >= 15 is 0 Å². The summed E-state index contributed by atoms with van der Waals surface area (Å²) in [7, 11) is 1.72. The zero-order chi connectivity index (χ0) is 18.0. The molecule has 2 aromatic heterocycles. The average Bonchev–Trinajstić information content (AvgIpc) is 3.03. The molecule has 0 aliphatic carbocycles. The molecule has 2 heterocycles. The number of hydrogen-bond acceptors (Lipinski definition) is 5. The topological polar surface area (TPSA) is 93.2 Å². The van der Waals surface area contributed by atoms with Crippen LogP contribution in [-0.2, 0) is 23.3 Å². The highest BCUT2D eigenvalue weighted by molar-refractivity contribution is 7.78. The van der Waals surface area contributed by atoms with Crippen LogP contribution in [0.15, 0.2) is 36.4 Å². The summed E-state index contributed by atoms with van der Waals surface area (Å²) < 4.78 is 24.7. The first-order valence-electron chi connectivity index (χ1n) is 7.86. The largest absolute Gasteiger partial charge is 0.772 e. The quantitative estimate of drug-likeness (QED) is 0.712. The predicted molar refractivity (Wildman–Crippen MR) is 96.9 cm³/mol. The number of aromatic nitrogens is 2. The first-order valence-corrected chi connectivity index (χ1v) is 9.11. The van der Waals surface area contributed by atoms with Crippen molar-refractivity contribution < 1.29 is 8.76 Å². The van der Waals surface area contributed by atoms with Crippen LogP contribution in [0.25, 0.3) is 16.6 Å². The summed E-state index contributed by atoms with van der Waals surface area (Å²) in [6.45, 7) is 2.04. The van der Waals surface area contributed by atoms with E-state index in [0.29, 0.717) is 16.9 Å². The smallest absolute Gasteiger partial charge is 0.151 e. The van der Waals surface area contributed by atoms with E-state index in [4.69, 9.17) is 0 Å². The minimum Gasteiger partial charge on any atom is -0.772 e. The highest BCUT2D eigenvalue weighted by atomic mass is 32.2. The van der Waals surface area contributed by atoms with Crippen molar-refractivity contribution in [2.24, 2.45) is 0 Å². The van der Waals surface area contributed by atoms with Gasteiger partial charge >= 0.3 is 0 Å². The van der Waals surface area contributed by atoms with Crippen LogP contribution in [0.4, 0.5) is 5.82 Å². The fraction of sp³-hybridized carbons (Fsp3) is 0.222. The monoisotopic (exact) mass is 353 g/mol. The van der Waals surface area contributed by atoms with E-state index in [9.17, 15) is 14.0 Å². The summed E-state index contributed by atoms with van der Waals surface area (Å²) in [5.41, 5.74) is 4.55. The molecule has 0 fully saturated rings. The van der Waals surface area contributed by atoms with Crippen molar-refractivity contribution in [3.05, 3.63) is 53.2 Å². The Hall–Kier alpha value is -2.69. The lowest BCUT2D eigenvalue weighted by atomic mass is 9.99. The molecule has 6 nitrogen and oxygen atoms in total. The van der Waals surface area contributed by atoms with Gasteiger partial charge in [0, 0.05) is 29.6 Å². The predicted octanol–water partition coefficient (Wildman–Crippen LogP) is 2.86.